The third-order valence-electron chi connectivity index (χ3n) is 1.08. The molecule has 0 unspecified atom stereocenters. The number of nitrogen functional groups attached to an aromatic ring is 1. The first-order valence-corrected chi connectivity index (χ1v) is 2.66. The van der Waals surface area contributed by atoms with Crippen LogP contribution in [0.2, 0.25) is 0 Å². The van der Waals surface area contributed by atoms with Gasteiger partial charge >= 0.3 is 5.97 Å². The molecule has 0 aromatic carbocycles. The number of nitrogens with two attached hydrogens (primary N) is 1. The number of carbonyl (C=O) groups is 1. The molecule has 0 bridgehead atoms. The molecule has 3 N–H and O–H groups in total. The molecular formula is C5H7N3O2. The maximum absolute atomic E-state index is 10.3. The summed E-state index contributed by atoms with van der Waals surface area (Å²) in [6, 6.07) is 1.41. The number of carboxylic acid groups (broad SMARTS) is 1. The van der Waals surface area contributed by atoms with E-state index in [9.17, 15) is 4.79 Å². The zero-order valence-electron chi connectivity index (χ0n) is 5.40. The predicted octanol–water partition coefficient (Wildman–Crippen LogP) is -0.396. The molecule has 1 rings (SSSR count). The minimum Gasteiger partial charge on any atom is -0.476 e. The van der Waals surface area contributed by atoms with E-state index in [-0.39, 0.29) is 5.69 Å². The number of carboxylic acids is 1. The fraction of sp³-hybridized carbons (Fsp3) is 0.200. The molecule has 0 aliphatic heterocycles. The average Bonchev–Trinajstić information content (AvgIpc) is 2.10. The molecular weight excluding hydrogens is 134 g/mol. The maximum atomic E-state index is 10.3. The van der Waals surface area contributed by atoms with Crippen molar-refractivity contribution in [2.75, 3.05) is 5.84 Å². The molecule has 1 heterocycles. The number of nitrogens with zero attached hydrogens (tertiary/aromatic N) is 2. The maximum Gasteiger partial charge on any atom is 0.356 e. The van der Waals surface area contributed by atoms with Crippen molar-refractivity contribution in [1.82, 2.24) is 9.89 Å². The normalized spacial score (nSPS) is 9.70. The Bertz CT molecular complexity index is 266. The zero-order chi connectivity index (χ0) is 7.72. The average molecular weight is 141 g/mol. The van der Waals surface area contributed by atoms with E-state index in [0.717, 1.165) is 4.79 Å². The van der Waals surface area contributed by atoms with Crippen LogP contribution in [-0.2, 0) is 0 Å². The Morgan fingerprint density at radius 1 is 1.90 bits per heavy atom. The van der Waals surface area contributed by atoms with Gasteiger partial charge in [0.15, 0.2) is 5.69 Å². The molecule has 0 saturated heterocycles. The number of rotatable bonds is 1. The van der Waals surface area contributed by atoms with Crippen molar-refractivity contribution in [2.45, 2.75) is 6.92 Å². The topological polar surface area (TPSA) is 81.1 Å². The van der Waals surface area contributed by atoms with Gasteiger partial charge in [0.2, 0.25) is 0 Å². The Labute approximate surface area is 57.0 Å². The van der Waals surface area contributed by atoms with Gasteiger partial charge in [0.1, 0.15) is 0 Å². The lowest BCUT2D eigenvalue weighted by Crippen LogP contribution is -2.17. The summed E-state index contributed by atoms with van der Waals surface area (Å²) in [6.07, 6.45) is 0. The number of aryl methyl sites for hydroxylation is 1. The van der Waals surface area contributed by atoms with Gasteiger partial charge in [-0.2, -0.15) is 9.89 Å². The van der Waals surface area contributed by atoms with Crippen LogP contribution in [0.1, 0.15) is 16.2 Å². The van der Waals surface area contributed by atoms with Crippen molar-refractivity contribution in [3.63, 3.8) is 0 Å². The zero-order valence-corrected chi connectivity index (χ0v) is 5.40. The van der Waals surface area contributed by atoms with Gasteiger partial charge in [0.05, 0.1) is 5.69 Å². The van der Waals surface area contributed by atoms with E-state index in [1.54, 1.807) is 6.92 Å². The molecule has 5 nitrogen and oxygen atoms in total. The SMILES string of the molecule is Cc1cc(C(=O)O)n(N)n1. The minimum absolute atomic E-state index is 0.00231. The van der Waals surface area contributed by atoms with Crippen molar-refractivity contribution in [3.8, 4) is 0 Å². The van der Waals surface area contributed by atoms with Gasteiger partial charge in [0.25, 0.3) is 0 Å². The van der Waals surface area contributed by atoms with Crippen LogP contribution in [-0.4, -0.2) is 21.0 Å². The van der Waals surface area contributed by atoms with Crippen LogP contribution in [0.15, 0.2) is 6.07 Å². The van der Waals surface area contributed by atoms with Crippen LogP contribution >= 0.6 is 0 Å². The Morgan fingerprint density at radius 2 is 2.50 bits per heavy atom. The molecule has 0 fully saturated rings. The van der Waals surface area contributed by atoms with Gasteiger partial charge in [-0.3, -0.25) is 0 Å². The lowest BCUT2D eigenvalue weighted by Gasteiger charge is -1.91. The standard InChI is InChI=1S/C5H7N3O2/c1-3-2-4(5(9)10)8(6)7-3/h2H,6H2,1H3,(H,9,10). The summed E-state index contributed by atoms with van der Waals surface area (Å²) >= 11 is 0. The number of aromatic nitrogens is 2. The van der Waals surface area contributed by atoms with Gasteiger partial charge in [-0.25, -0.2) is 4.79 Å². The number of hydrogen-bond donors (Lipinski definition) is 2. The number of hydrogen-bond acceptors (Lipinski definition) is 3. The first-order chi connectivity index (χ1) is 4.61. The molecule has 0 aliphatic carbocycles. The summed E-state index contributed by atoms with van der Waals surface area (Å²) in [5.74, 6) is 4.10. The van der Waals surface area contributed by atoms with E-state index in [2.05, 4.69) is 5.10 Å². The van der Waals surface area contributed by atoms with E-state index in [0.29, 0.717) is 5.69 Å². The lowest BCUT2D eigenvalue weighted by molar-refractivity contribution is 0.0686. The van der Waals surface area contributed by atoms with E-state index in [4.69, 9.17) is 10.9 Å². The molecule has 54 valence electrons. The third-order valence-corrected chi connectivity index (χ3v) is 1.08. The van der Waals surface area contributed by atoms with E-state index in [1.807, 2.05) is 0 Å². The fourth-order valence-corrected chi connectivity index (χ4v) is 0.676. The Hall–Kier alpha value is -1.52. The minimum atomic E-state index is -1.07. The van der Waals surface area contributed by atoms with Gasteiger partial charge in [0, 0.05) is 0 Å². The number of aromatic carboxylic acids is 1. The lowest BCUT2D eigenvalue weighted by atomic mass is 10.4. The third kappa shape index (κ3) is 0.928. The molecule has 0 atom stereocenters. The van der Waals surface area contributed by atoms with Crippen molar-refractivity contribution < 1.29 is 9.90 Å². The smallest absolute Gasteiger partial charge is 0.356 e. The van der Waals surface area contributed by atoms with E-state index >= 15 is 0 Å². The summed E-state index contributed by atoms with van der Waals surface area (Å²) < 4.78 is 0. The van der Waals surface area contributed by atoms with Crippen LogP contribution in [0.5, 0.6) is 0 Å². The van der Waals surface area contributed by atoms with Crippen molar-refractivity contribution in [1.29, 1.82) is 0 Å². The monoisotopic (exact) mass is 141 g/mol. The Kier molecular flexibility index (Phi) is 1.33. The molecule has 1 aromatic rings. The van der Waals surface area contributed by atoms with E-state index < -0.39 is 5.97 Å². The summed E-state index contributed by atoms with van der Waals surface area (Å²) in [6.45, 7) is 1.68. The fourth-order valence-electron chi connectivity index (χ4n) is 0.676. The van der Waals surface area contributed by atoms with Gasteiger partial charge in [-0.1, -0.05) is 0 Å². The molecule has 1 aromatic heterocycles. The second kappa shape index (κ2) is 2.02. The van der Waals surface area contributed by atoms with Crippen molar-refractivity contribution in [2.24, 2.45) is 0 Å². The van der Waals surface area contributed by atoms with Crippen LogP contribution in [0.25, 0.3) is 0 Å². The van der Waals surface area contributed by atoms with Gasteiger partial charge in [-0.15, -0.1) is 0 Å². The van der Waals surface area contributed by atoms with Gasteiger partial charge in [-0.05, 0) is 13.0 Å². The van der Waals surface area contributed by atoms with Crippen LogP contribution in [0, 0.1) is 6.92 Å². The Balaban J connectivity index is 3.15. The Morgan fingerprint density at radius 3 is 2.70 bits per heavy atom. The second-order valence-corrected chi connectivity index (χ2v) is 1.92. The molecule has 5 heteroatoms. The summed E-state index contributed by atoms with van der Waals surface area (Å²) in [7, 11) is 0. The highest BCUT2D eigenvalue weighted by Crippen LogP contribution is 1.98. The molecule has 0 radical (unpaired) electrons. The molecule has 0 amide bonds. The van der Waals surface area contributed by atoms with Gasteiger partial charge < -0.3 is 10.9 Å². The highest BCUT2D eigenvalue weighted by molar-refractivity contribution is 5.85. The van der Waals surface area contributed by atoms with Crippen molar-refractivity contribution >= 4 is 5.97 Å². The summed E-state index contributed by atoms with van der Waals surface area (Å²) in [5.41, 5.74) is 0.595. The highest BCUT2D eigenvalue weighted by Gasteiger charge is 2.09. The summed E-state index contributed by atoms with van der Waals surface area (Å²) in [5, 5.41) is 12.1. The molecule has 0 aliphatic rings. The first-order valence-electron chi connectivity index (χ1n) is 2.66. The van der Waals surface area contributed by atoms with Crippen LogP contribution in [0.4, 0.5) is 0 Å². The molecule has 0 spiro atoms. The quantitative estimate of drug-likeness (QED) is 0.521. The van der Waals surface area contributed by atoms with Crippen molar-refractivity contribution in [3.05, 3.63) is 17.5 Å². The molecule has 0 saturated carbocycles. The van der Waals surface area contributed by atoms with E-state index in [1.165, 1.54) is 6.07 Å². The van der Waals surface area contributed by atoms with Crippen LogP contribution < -0.4 is 5.84 Å². The largest absolute Gasteiger partial charge is 0.476 e. The predicted molar refractivity (Wildman–Crippen MR) is 34.1 cm³/mol. The highest BCUT2D eigenvalue weighted by atomic mass is 16.4. The van der Waals surface area contributed by atoms with Crippen LogP contribution in [0.3, 0.4) is 0 Å². The second-order valence-electron chi connectivity index (χ2n) is 1.92. The first kappa shape index (κ1) is 6.60. The molecule has 10 heavy (non-hydrogen) atoms. The summed E-state index contributed by atoms with van der Waals surface area (Å²) in [4.78, 5) is 11.1.